The summed E-state index contributed by atoms with van der Waals surface area (Å²) in [6, 6.07) is 14.9. The first-order chi connectivity index (χ1) is 14.5. The van der Waals surface area contributed by atoms with Crippen molar-refractivity contribution in [2.24, 2.45) is 0 Å². The quantitative estimate of drug-likeness (QED) is 0.636. The smallest absolute Gasteiger partial charge is 0.243 e. The maximum absolute atomic E-state index is 13.4. The second-order valence-electron chi connectivity index (χ2n) is 8.07. The summed E-state index contributed by atoms with van der Waals surface area (Å²) in [5.41, 5.74) is 0.894. The maximum Gasteiger partial charge on any atom is 0.243 e. The fraction of sp³-hybridized carbons (Fsp3) is 0.478. The van der Waals surface area contributed by atoms with E-state index >= 15 is 0 Å². The van der Waals surface area contributed by atoms with Crippen LogP contribution in [0.2, 0.25) is 0 Å². The van der Waals surface area contributed by atoms with Crippen LogP contribution >= 0.6 is 0 Å². The van der Waals surface area contributed by atoms with Gasteiger partial charge in [0, 0.05) is 19.1 Å². The van der Waals surface area contributed by atoms with Gasteiger partial charge in [-0.2, -0.15) is 4.31 Å². The summed E-state index contributed by atoms with van der Waals surface area (Å²) < 4.78 is 39.2. The summed E-state index contributed by atoms with van der Waals surface area (Å²) >= 11 is 0. The molecular weight excluding hydrogens is 400 g/mol. The first kappa shape index (κ1) is 21.2. The molecule has 1 saturated heterocycles. The first-order valence-electron chi connectivity index (χ1n) is 10.7. The lowest BCUT2D eigenvalue weighted by atomic mass is 10.0. The summed E-state index contributed by atoms with van der Waals surface area (Å²) in [6.07, 6.45) is 4.55. The van der Waals surface area contributed by atoms with E-state index in [1.165, 1.54) is 19.3 Å². The summed E-state index contributed by atoms with van der Waals surface area (Å²) in [5.74, 6) is 1.38. The Bertz CT molecular complexity index is 949. The van der Waals surface area contributed by atoms with Crippen molar-refractivity contribution in [1.29, 1.82) is 0 Å². The highest BCUT2D eigenvalue weighted by Crippen LogP contribution is 2.33. The second-order valence-corrected chi connectivity index (χ2v) is 10.0. The highest BCUT2D eigenvalue weighted by molar-refractivity contribution is 7.89. The molecule has 1 atom stereocenters. The van der Waals surface area contributed by atoms with Crippen molar-refractivity contribution in [3.63, 3.8) is 0 Å². The van der Waals surface area contributed by atoms with Crippen LogP contribution in [0.15, 0.2) is 53.4 Å². The van der Waals surface area contributed by atoms with E-state index in [0.717, 1.165) is 25.1 Å². The average molecular weight is 431 g/mol. The molecule has 6 nitrogen and oxygen atoms in total. The Morgan fingerprint density at radius 3 is 2.67 bits per heavy atom. The van der Waals surface area contributed by atoms with Gasteiger partial charge < -0.3 is 14.4 Å². The van der Waals surface area contributed by atoms with Crippen molar-refractivity contribution in [1.82, 2.24) is 9.21 Å². The molecule has 1 fully saturated rings. The molecule has 2 aliphatic heterocycles. The van der Waals surface area contributed by atoms with Crippen molar-refractivity contribution in [3.8, 4) is 11.5 Å². The van der Waals surface area contributed by atoms with Gasteiger partial charge in [0.25, 0.3) is 0 Å². The molecule has 2 aromatic rings. The van der Waals surface area contributed by atoms with E-state index in [9.17, 15) is 8.42 Å². The van der Waals surface area contributed by atoms with Crippen LogP contribution in [-0.4, -0.2) is 50.1 Å². The first-order valence-corrected chi connectivity index (χ1v) is 12.2. The van der Waals surface area contributed by atoms with Gasteiger partial charge in [-0.1, -0.05) is 30.7 Å². The summed E-state index contributed by atoms with van der Waals surface area (Å²) in [6.45, 7) is 5.29. The SMILES string of the molecule is CC1CCCCN1CCCN(Cc1ccc2c(c1)OCO2)S(=O)(=O)c1ccccc1. The molecule has 0 saturated carbocycles. The minimum Gasteiger partial charge on any atom is -0.454 e. The predicted octanol–water partition coefficient (Wildman–Crippen LogP) is 3.87. The van der Waals surface area contributed by atoms with Gasteiger partial charge in [-0.25, -0.2) is 8.42 Å². The molecule has 0 amide bonds. The minimum absolute atomic E-state index is 0.207. The number of fused-ring (bicyclic) bond motifs is 1. The Morgan fingerprint density at radius 1 is 1.07 bits per heavy atom. The number of likely N-dealkylation sites (tertiary alicyclic amines) is 1. The lowest BCUT2D eigenvalue weighted by molar-refractivity contribution is 0.155. The van der Waals surface area contributed by atoms with E-state index in [1.807, 2.05) is 24.3 Å². The molecule has 0 radical (unpaired) electrons. The van der Waals surface area contributed by atoms with Gasteiger partial charge in [0.2, 0.25) is 16.8 Å². The van der Waals surface area contributed by atoms with Gasteiger partial charge >= 0.3 is 0 Å². The standard InChI is InChI=1S/C23H30N2O4S/c1-19-8-5-6-13-24(19)14-7-15-25(30(26,27)21-9-3-2-4-10-21)17-20-11-12-22-23(16-20)29-18-28-22/h2-4,9-12,16,19H,5-8,13-15,17-18H2,1H3. The molecule has 0 N–H and O–H groups in total. The largest absolute Gasteiger partial charge is 0.454 e. The number of piperidine rings is 1. The van der Waals surface area contributed by atoms with E-state index in [1.54, 1.807) is 28.6 Å². The van der Waals surface area contributed by atoms with Crippen LogP contribution in [-0.2, 0) is 16.6 Å². The van der Waals surface area contributed by atoms with E-state index in [0.29, 0.717) is 35.5 Å². The van der Waals surface area contributed by atoms with E-state index in [-0.39, 0.29) is 6.79 Å². The second kappa shape index (κ2) is 9.37. The number of hydrogen-bond donors (Lipinski definition) is 0. The predicted molar refractivity (Wildman–Crippen MR) is 116 cm³/mol. The van der Waals surface area contributed by atoms with Gasteiger partial charge in [-0.05, 0) is 69.1 Å². The molecule has 2 heterocycles. The van der Waals surface area contributed by atoms with Crippen molar-refractivity contribution >= 4 is 10.0 Å². The molecule has 0 aliphatic carbocycles. The number of ether oxygens (including phenoxy) is 2. The summed E-state index contributed by atoms with van der Waals surface area (Å²) in [7, 11) is -3.59. The van der Waals surface area contributed by atoms with Gasteiger partial charge in [0.05, 0.1) is 4.90 Å². The molecular formula is C23H30N2O4S. The molecule has 2 aromatic carbocycles. The molecule has 7 heteroatoms. The molecule has 0 aromatic heterocycles. The zero-order valence-electron chi connectivity index (χ0n) is 17.5. The number of rotatable bonds is 8. The Hall–Kier alpha value is -2.09. The number of sulfonamides is 1. The van der Waals surface area contributed by atoms with Crippen molar-refractivity contribution in [2.45, 2.75) is 50.1 Å². The summed E-state index contributed by atoms with van der Waals surface area (Å²) in [5, 5.41) is 0. The van der Waals surface area contributed by atoms with Crippen LogP contribution < -0.4 is 9.47 Å². The molecule has 0 bridgehead atoms. The molecule has 4 rings (SSSR count). The van der Waals surface area contributed by atoms with Crippen LogP contribution in [0.4, 0.5) is 0 Å². The fourth-order valence-corrected chi connectivity index (χ4v) is 5.70. The lowest BCUT2D eigenvalue weighted by Crippen LogP contribution is -2.40. The zero-order valence-corrected chi connectivity index (χ0v) is 18.3. The Kier molecular flexibility index (Phi) is 6.61. The van der Waals surface area contributed by atoms with Gasteiger partial charge in [-0.3, -0.25) is 0 Å². The number of nitrogens with zero attached hydrogens (tertiary/aromatic N) is 2. The highest BCUT2D eigenvalue weighted by Gasteiger charge is 2.26. The molecule has 30 heavy (non-hydrogen) atoms. The van der Waals surface area contributed by atoms with Crippen molar-refractivity contribution in [3.05, 3.63) is 54.1 Å². The van der Waals surface area contributed by atoms with Gasteiger partial charge in [0.1, 0.15) is 0 Å². The lowest BCUT2D eigenvalue weighted by Gasteiger charge is -2.34. The van der Waals surface area contributed by atoms with E-state index in [2.05, 4.69) is 11.8 Å². The van der Waals surface area contributed by atoms with E-state index in [4.69, 9.17) is 9.47 Å². The monoisotopic (exact) mass is 430 g/mol. The number of benzene rings is 2. The van der Waals surface area contributed by atoms with Crippen molar-refractivity contribution in [2.75, 3.05) is 26.4 Å². The topological polar surface area (TPSA) is 59.1 Å². The van der Waals surface area contributed by atoms with Crippen LogP contribution in [0.1, 0.15) is 38.2 Å². The third-order valence-corrected chi connectivity index (χ3v) is 7.83. The normalized spacial score (nSPS) is 19.3. The number of hydrogen-bond acceptors (Lipinski definition) is 5. The summed E-state index contributed by atoms with van der Waals surface area (Å²) in [4.78, 5) is 2.81. The Balaban J connectivity index is 1.50. The molecule has 1 unspecified atom stereocenters. The third kappa shape index (κ3) is 4.79. The van der Waals surface area contributed by atoms with Gasteiger partial charge in [-0.15, -0.1) is 0 Å². The molecule has 2 aliphatic rings. The maximum atomic E-state index is 13.4. The fourth-order valence-electron chi connectivity index (χ4n) is 4.21. The Labute approximate surface area is 179 Å². The van der Waals surface area contributed by atoms with Crippen LogP contribution in [0.5, 0.6) is 11.5 Å². The molecule has 0 spiro atoms. The van der Waals surface area contributed by atoms with Crippen molar-refractivity contribution < 1.29 is 17.9 Å². The van der Waals surface area contributed by atoms with E-state index < -0.39 is 10.0 Å². The highest BCUT2D eigenvalue weighted by atomic mass is 32.2. The van der Waals surface area contributed by atoms with Crippen LogP contribution in [0.25, 0.3) is 0 Å². The minimum atomic E-state index is -3.59. The van der Waals surface area contributed by atoms with Crippen LogP contribution in [0.3, 0.4) is 0 Å². The third-order valence-electron chi connectivity index (χ3n) is 5.97. The van der Waals surface area contributed by atoms with Crippen LogP contribution in [0, 0.1) is 0 Å². The van der Waals surface area contributed by atoms with Gasteiger partial charge in [0.15, 0.2) is 11.5 Å². The molecule has 162 valence electrons. The zero-order chi connectivity index (χ0) is 21.0. The average Bonchev–Trinajstić information content (AvgIpc) is 3.23. The Morgan fingerprint density at radius 2 is 1.87 bits per heavy atom.